The molecular weight excluding hydrogens is 267 g/mol. The first-order chi connectivity index (χ1) is 6.66. The van der Waals surface area contributed by atoms with Crippen molar-refractivity contribution in [3.05, 3.63) is 32.1 Å². The van der Waals surface area contributed by atoms with Crippen LogP contribution in [0.3, 0.4) is 0 Å². The van der Waals surface area contributed by atoms with Crippen LogP contribution in [-0.4, -0.2) is 9.97 Å². The second-order valence-electron chi connectivity index (χ2n) is 2.39. The van der Waals surface area contributed by atoms with Gasteiger partial charge in [0.15, 0.2) is 0 Å². The lowest BCUT2D eigenvalue weighted by molar-refractivity contribution is 1.21. The first-order valence-corrected chi connectivity index (χ1v) is 5.41. The smallest absolute Gasteiger partial charge is 0.306 e. The molecule has 0 aliphatic heterocycles. The molecule has 0 spiro atoms. The topological polar surface area (TPSA) is 48.6 Å². The van der Waals surface area contributed by atoms with Gasteiger partial charge in [-0.15, -0.1) is 0 Å². The number of benzene rings is 1. The van der Waals surface area contributed by atoms with Gasteiger partial charge in [-0.25, -0.2) is 4.79 Å². The second kappa shape index (κ2) is 4.66. The predicted molar refractivity (Wildman–Crippen MR) is 63.0 cm³/mol. The van der Waals surface area contributed by atoms with Crippen LogP contribution in [-0.2, 0) is 0 Å². The molecule has 1 aromatic heterocycles. The summed E-state index contributed by atoms with van der Waals surface area (Å²) in [6, 6.07) is 3.42. The van der Waals surface area contributed by atoms with Crippen molar-refractivity contribution in [3.8, 4) is 0 Å². The molecule has 3 nitrogen and oxygen atoms in total. The molecule has 2 rings (SSSR count). The van der Waals surface area contributed by atoms with Gasteiger partial charge >= 0.3 is 5.69 Å². The number of nitrogens with one attached hydrogen (secondary N) is 2. The van der Waals surface area contributed by atoms with Gasteiger partial charge in [0.05, 0.1) is 11.0 Å². The fraction of sp³-hybridized carbons (Fsp3) is 0.222. The van der Waals surface area contributed by atoms with E-state index in [-0.39, 0.29) is 5.69 Å². The second-order valence-corrected chi connectivity index (χ2v) is 3.68. The van der Waals surface area contributed by atoms with Crippen LogP contribution < -0.4 is 5.69 Å². The van der Waals surface area contributed by atoms with Crippen molar-refractivity contribution in [2.24, 2.45) is 0 Å². The summed E-state index contributed by atoms with van der Waals surface area (Å²) in [6.07, 6.45) is 0. The molecule has 14 heavy (non-hydrogen) atoms. The number of halogens is 2. The van der Waals surface area contributed by atoms with Gasteiger partial charge in [-0.05, 0) is 28.1 Å². The summed E-state index contributed by atoms with van der Waals surface area (Å²) in [4.78, 5) is 16.1. The molecular formula is C9H10BrClN2O. The van der Waals surface area contributed by atoms with E-state index in [1.165, 1.54) is 0 Å². The molecule has 0 amide bonds. The number of hydrogen-bond donors (Lipinski definition) is 2. The molecule has 0 aliphatic carbocycles. The van der Waals surface area contributed by atoms with E-state index < -0.39 is 0 Å². The fourth-order valence-electron chi connectivity index (χ4n) is 1.07. The maximum Gasteiger partial charge on any atom is 0.323 e. The zero-order valence-electron chi connectivity index (χ0n) is 7.82. The van der Waals surface area contributed by atoms with Crippen molar-refractivity contribution in [2.75, 3.05) is 0 Å². The molecule has 5 heteroatoms. The Hall–Kier alpha value is -0.740. The maximum absolute atomic E-state index is 10.9. The average molecular weight is 278 g/mol. The van der Waals surface area contributed by atoms with Crippen molar-refractivity contribution in [1.82, 2.24) is 9.97 Å². The zero-order valence-corrected chi connectivity index (χ0v) is 10.2. The van der Waals surface area contributed by atoms with Crippen LogP contribution in [0.25, 0.3) is 11.0 Å². The number of imidazole rings is 1. The Kier molecular flexibility index (Phi) is 3.77. The van der Waals surface area contributed by atoms with E-state index in [0.717, 1.165) is 9.99 Å². The summed E-state index contributed by atoms with van der Waals surface area (Å²) in [7, 11) is 0. The molecule has 0 radical (unpaired) electrons. The maximum atomic E-state index is 10.9. The van der Waals surface area contributed by atoms with Gasteiger partial charge in [-0.1, -0.05) is 25.4 Å². The van der Waals surface area contributed by atoms with Gasteiger partial charge in [0.1, 0.15) is 0 Å². The van der Waals surface area contributed by atoms with Crippen LogP contribution in [0.1, 0.15) is 13.8 Å². The average Bonchev–Trinajstić information content (AvgIpc) is 2.49. The van der Waals surface area contributed by atoms with Crippen LogP contribution in [0, 0.1) is 0 Å². The van der Waals surface area contributed by atoms with Crippen molar-refractivity contribution in [3.63, 3.8) is 0 Å². The Balaban J connectivity index is 0.000000461. The van der Waals surface area contributed by atoms with Crippen LogP contribution in [0.4, 0.5) is 0 Å². The van der Waals surface area contributed by atoms with E-state index in [2.05, 4.69) is 25.9 Å². The van der Waals surface area contributed by atoms with Crippen LogP contribution >= 0.6 is 27.5 Å². The van der Waals surface area contributed by atoms with E-state index in [1.807, 2.05) is 13.8 Å². The lowest BCUT2D eigenvalue weighted by Gasteiger charge is -1.93. The standard InChI is InChI=1S/C7H4BrClN2O.C2H6/c8-4-1-3(9)2-5-6(4)11-7(12)10-5;1-2/h1-2H,(H2,10,11,12);1-2H3. The zero-order chi connectivity index (χ0) is 10.7. The normalized spacial score (nSPS) is 9.71. The first kappa shape index (κ1) is 11.3. The van der Waals surface area contributed by atoms with Crippen molar-refractivity contribution in [1.29, 1.82) is 0 Å². The van der Waals surface area contributed by atoms with Gasteiger partial charge in [0, 0.05) is 9.50 Å². The van der Waals surface area contributed by atoms with E-state index in [4.69, 9.17) is 11.6 Å². The molecule has 0 aliphatic rings. The number of aromatic nitrogens is 2. The summed E-state index contributed by atoms with van der Waals surface area (Å²) in [5, 5.41) is 0.588. The molecule has 0 saturated heterocycles. The Morgan fingerprint density at radius 3 is 2.57 bits per heavy atom. The molecule has 2 N–H and O–H groups in total. The molecule has 0 atom stereocenters. The highest BCUT2D eigenvalue weighted by molar-refractivity contribution is 9.10. The molecule has 0 saturated carbocycles. The highest BCUT2D eigenvalue weighted by Gasteiger charge is 2.03. The predicted octanol–water partition coefficient (Wildman–Crippen LogP) is 3.30. The van der Waals surface area contributed by atoms with Crippen molar-refractivity contribution < 1.29 is 0 Å². The number of fused-ring (bicyclic) bond motifs is 1. The third-order valence-corrected chi connectivity index (χ3v) is 2.39. The summed E-state index contributed by atoms with van der Waals surface area (Å²) < 4.78 is 0.781. The first-order valence-electron chi connectivity index (χ1n) is 4.24. The minimum absolute atomic E-state index is 0.229. The Morgan fingerprint density at radius 1 is 1.29 bits per heavy atom. The number of hydrogen-bond acceptors (Lipinski definition) is 1. The van der Waals surface area contributed by atoms with Crippen LogP contribution in [0.2, 0.25) is 5.02 Å². The van der Waals surface area contributed by atoms with Gasteiger partial charge < -0.3 is 9.97 Å². The summed E-state index contributed by atoms with van der Waals surface area (Å²) in [5.41, 5.74) is 1.22. The Morgan fingerprint density at radius 2 is 1.93 bits per heavy atom. The highest BCUT2D eigenvalue weighted by atomic mass is 79.9. The lowest BCUT2D eigenvalue weighted by atomic mass is 10.3. The van der Waals surface area contributed by atoms with Gasteiger partial charge in [-0.3, -0.25) is 0 Å². The monoisotopic (exact) mass is 276 g/mol. The molecule has 0 unspecified atom stereocenters. The summed E-state index contributed by atoms with van der Waals surface area (Å²) in [5.74, 6) is 0. The molecule has 0 fully saturated rings. The molecule has 2 aromatic rings. The Bertz CT molecular complexity index is 489. The van der Waals surface area contributed by atoms with E-state index in [9.17, 15) is 4.79 Å². The van der Waals surface area contributed by atoms with Crippen molar-refractivity contribution >= 4 is 38.6 Å². The minimum Gasteiger partial charge on any atom is -0.306 e. The third-order valence-electron chi connectivity index (χ3n) is 1.54. The Labute approximate surface area is 94.6 Å². The van der Waals surface area contributed by atoms with E-state index in [1.54, 1.807) is 12.1 Å². The van der Waals surface area contributed by atoms with Crippen LogP contribution in [0.5, 0.6) is 0 Å². The molecule has 1 aromatic carbocycles. The molecule has 76 valence electrons. The number of aromatic amines is 2. The third kappa shape index (κ3) is 2.19. The van der Waals surface area contributed by atoms with Crippen molar-refractivity contribution in [2.45, 2.75) is 13.8 Å². The van der Waals surface area contributed by atoms with Gasteiger partial charge in [0.2, 0.25) is 0 Å². The number of H-pyrrole nitrogens is 2. The van der Waals surface area contributed by atoms with E-state index in [0.29, 0.717) is 10.5 Å². The summed E-state index contributed by atoms with van der Waals surface area (Å²) >= 11 is 9.05. The van der Waals surface area contributed by atoms with E-state index >= 15 is 0 Å². The highest BCUT2D eigenvalue weighted by Crippen LogP contribution is 2.24. The number of rotatable bonds is 0. The largest absolute Gasteiger partial charge is 0.323 e. The molecule has 0 bridgehead atoms. The van der Waals surface area contributed by atoms with Gasteiger partial charge in [-0.2, -0.15) is 0 Å². The molecule has 1 heterocycles. The fourth-order valence-corrected chi connectivity index (χ4v) is 1.98. The summed E-state index contributed by atoms with van der Waals surface area (Å²) in [6.45, 7) is 4.00. The minimum atomic E-state index is -0.229. The SMILES string of the molecule is CC.O=c1[nH]c2cc(Cl)cc(Br)c2[nH]1. The quantitative estimate of drug-likeness (QED) is 0.762. The van der Waals surface area contributed by atoms with Crippen LogP contribution in [0.15, 0.2) is 21.4 Å². The lowest BCUT2D eigenvalue weighted by Crippen LogP contribution is -1.99. The van der Waals surface area contributed by atoms with Gasteiger partial charge in [0.25, 0.3) is 0 Å².